The van der Waals surface area contributed by atoms with Gasteiger partial charge in [-0.3, -0.25) is 0 Å². The maximum Gasteiger partial charge on any atom is 0.339 e. The second kappa shape index (κ2) is 6.79. The molecule has 0 unspecified atom stereocenters. The Labute approximate surface area is 135 Å². The van der Waals surface area contributed by atoms with Crippen molar-refractivity contribution >= 4 is 5.97 Å². The van der Waals surface area contributed by atoms with E-state index < -0.39 is 71.5 Å². The van der Waals surface area contributed by atoms with E-state index in [9.17, 15) is 40.5 Å². The van der Waals surface area contributed by atoms with Gasteiger partial charge in [-0.05, 0) is 0 Å². The first-order valence-electron chi connectivity index (χ1n) is 6.91. The number of benzene rings is 1. The summed E-state index contributed by atoms with van der Waals surface area (Å²) in [6.07, 6.45) is -8.02. The standard InChI is InChI=1S/C14H18O10/c1-23-12-4(14(21)22)2-5(16)8(17)7(12)13-11(20)10(19)9(18)6(3-15)24-13/h2,6,9-11,13,15-20H,3H2,1H3,(H,21,22)/t6-,9-,10+,11-,13-/m1/s1. The first-order chi connectivity index (χ1) is 11.2. The molecule has 1 fully saturated rings. The second-order valence-corrected chi connectivity index (χ2v) is 5.29. The topological polar surface area (TPSA) is 177 Å². The van der Waals surface area contributed by atoms with Crippen molar-refractivity contribution in [3.05, 3.63) is 17.2 Å². The summed E-state index contributed by atoms with van der Waals surface area (Å²) in [4.78, 5) is 11.3. The number of hydrogen-bond acceptors (Lipinski definition) is 9. The predicted octanol–water partition coefficient (Wildman–Crippen LogP) is -1.68. The molecule has 0 aromatic heterocycles. The number of aromatic hydroxyl groups is 2. The van der Waals surface area contributed by atoms with Crippen molar-refractivity contribution in [2.45, 2.75) is 30.5 Å². The van der Waals surface area contributed by atoms with Crippen LogP contribution < -0.4 is 4.74 Å². The monoisotopic (exact) mass is 346 g/mol. The van der Waals surface area contributed by atoms with Gasteiger partial charge in [0.2, 0.25) is 0 Å². The average Bonchev–Trinajstić information content (AvgIpc) is 2.55. The molecule has 0 saturated carbocycles. The van der Waals surface area contributed by atoms with Crippen LogP contribution in [0.15, 0.2) is 6.07 Å². The fourth-order valence-corrected chi connectivity index (χ4v) is 2.64. The Morgan fingerprint density at radius 2 is 1.83 bits per heavy atom. The zero-order valence-electron chi connectivity index (χ0n) is 12.5. The lowest BCUT2D eigenvalue weighted by molar-refractivity contribution is -0.232. The summed E-state index contributed by atoms with van der Waals surface area (Å²) < 4.78 is 10.2. The maximum absolute atomic E-state index is 11.3. The molecule has 10 heteroatoms. The van der Waals surface area contributed by atoms with Gasteiger partial charge in [-0.1, -0.05) is 0 Å². The Morgan fingerprint density at radius 1 is 1.21 bits per heavy atom. The number of methoxy groups -OCH3 is 1. The Morgan fingerprint density at radius 3 is 2.33 bits per heavy atom. The van der Waals surface area contributed by atoms with Gasteiger partial charge >= 0.3 is 5.97 Å². The highest BCUT2D eigenvalue weighted by Crippen LogP contribution is 2.47. The van der Waals surface area contributed by atoms with Crippen molar-refractivity contribution < 1.29 is 50.0 Å². The summed E-state index contributed by atoms with van der Waals surface area (Å²) in [5.41, 5.74) is -0.938. The molecule has 0 radical (unpaired) electrons. The lowest BCUT2D eigenvalue weighted by Gasteiger charge is -2.40. The molecule has 1 aromatic carbocycles. The number of hydrogen-bond donors (Lipinski definition) is 7. The molecule has 0 aliphatic carbocycles. The SMILES string of the molecule is COc1c(C(=O)O)cc(O)c(O)c1[C@H]1O[C@H](CO)[C@@H](O)[C@H](O)[C@H]1O. The van der Waals surface area contributed by atoms with Crippen LogP contribution in [-0.2, 0) is 4.74 Å². The number of phenols is 2. The van der Waals surface area contributed by atoms with Gasteiger partial charge in [0.1, 0.15) is 41.8 Å². The Bertz CT molecular complexity index is 628. The molecule has 10 nitrogen and oxygen atoms in total. The molecule has 0 bridgehead atoms. The van der Waals surface area contributed by atoms with Crippen molar-refractivity contribution in [1.29, 1.82) is 0 Å². The normalized spacial score (nSPS) is 30.1. The quantitative estimate of drug-likeness (QED) is 0.311. The van der Waals surface area contributed by atoms with E-state index in [-0.39, 0.29) is 0 Å². The summed E-state index contributed by atoms with van der Waals surface area (Å²) in [6.45, 7) is -0.713. The minimum atomic E-state index is -1.79. The van der Waals surface area contributed by atoms with Gasteiger partial charge < -0.3 is 45.2 Å². The number of aliphatic hydroxyl groups is 4. The number of phenolic OH excluding ortho intramolecular Hbond substituents is 2. The number of carboxylic acid groups (broad SMARTS) is 1. The molecule has 7 N–H and O–H groups in total. The van der Waals surface area contributed by atoms with Crippen molar-refractivity contribution in [2.24, 2.45) is 0 Å². The number of aromatic carboxylic acids is 1. The van der Waals surface area contributed by atoms with Crippen LogP contribution in [0, 0.1) is 0 Å². The molecule has 2 rings (SSSR count). The van der Waals surface area contributed by atoms with E-state index in [1.165, 1.54) is 0 Å². The molecule has 1 heterocycles. The summed E-state index contributed by atoms with van der Waals surface area (Å²) in [7, 11) is 1.10. The third-order valence-corrected chi connectivity index (χ3v) is 3.88. The summed E-state index contributed by atoms with van der Waals surface area (Å²) in [6, 6.07) is 0.754. The summed E-state index contributed by atoms with van der Waals surface area (Å²) >= 11 is 0. The van der Waals surface area contributed by atoms with E-state index in [4.69, 9.17) is 9.47 Å². The highest BCUT2D eigenvalue weighted by molar-refractivity contribution is 5.93. The van der Waals surface area contributed by atoms with E-state index >= 15 is 0 Å². The van der Waals surface area contributed by atoms with Gasteiger partial charge in [-0.15, -0.1) is 0 Å². The first-order valence-corrected chi connectivity index (χ1v) is 6.91. The molecule has 1 aliphatic heterocycles. The van der Waals surface area contributed by atoms with Crippen LogP contribution >= 0.6 is 0 Å². The van der Waals surface area contributed by atoms with Crippen LogP contribution in [0.1, 0.15) is 22.0 Å². The van der Waals surface area contributed by atoms with Crippen LogP contribution in [0.5, 0.6) is 17.2 Å². The zero-order chi connectivity index (χ0) is 18.2. The van der Waals surface area contributed by atoms with Gasteiger partial charge in [0.25, 0.3) is 0 Å². The van der Waals surface area contributed by atoms with Gasteiger partial charge in [-0.25, -0.2) is 4.79 Å². The molecular weight excluding hydrogens is 328 g/mol. The minimum Gasteiger partial charge on any atom is -0.504 e. The number of aliphatic hydroxyl groups excluding tert-OH is 4. The molecule has 1 saturated heterocycles. The molecule has 1 aliphatic rings. The lowest BCUT2D eigenvalue weighted by Crippen LogP contribution is -2.55. The Hall–Kier alpha value is -2.11. The number of rotatable bonds is 4. The van der Waals surface area contributed by atoms with Gasteiger partial charge in [0, 0.05) is 6.07 Å². The average molecular weight is 346 g/mol. The summed E-state index contributed by atoms with van der Waals surface area (Å²) in [5.74, 6) is -3.50. The molecule has 5 atom stereocenters. The van der Waals surface area contributed by atoms with Gasteiger partial charge in [0.15, 0.2) is 11.5 Å². The molecule has 134 valence electrons. The molecule has 24 heavy (non-hydrogen) atoms. The van der Waals surface area contributed by atoms with E-state index in [2.05, 4.69) is 0 Å². The van der Waals surface area contributed by atoms with E-state index in [0.717, 1.165) is 13.2 Å². The molecule has 1 aromatic rings. The minimum absolute atomic E-state index is 0.401. The largest absolute Gasteiger partial charge is 0.504 e. The second-order valence-electron chi connectivity index (χ2n) is 5.29. The smallest absolute Gasteiger partial charge is 0.339 e. The molecule has 0 amide bonds. The van der Waals surface area contributed by atoms with Crippen LogP contribution in [0.25, 0.3) is 0 Å². The summed E-state index contributed by atoms with van der Waals surface area (Å²) in [5, 5.41) is 68.0. The van der Waals surface area contributed by atoms with Crippen molar-refractivity contribution in [3.8, 4) is 17.2 Å². The zero-order valence-corrected chi connectivity index (χ0v) is 12.5. The van der Waals surface area contributed by atoms with Crippen molar-refractivity contribution in [2.75, 3.05) is 13.7 Å². The highest BCUT2D eigenvalue weighted by Gasteiger charge is 2.46. The van der Waals surface area contributed by atoms with E-state index in [1.807, 2.05) is 0 Å². The third kappa shape index (κ3) is 2.85. The third-order valence-electron chi connectivity index (χ3n) is 3.88. The molecule has 0 spiro atoms. The Balaban J connectivity index is 2.63. The van der Waals surface area contributed by atoms with Crippen LogP contribution in [0.4, 0.5) is 0 Å². The lowest BCUT2D eigenvalue weighted by atomic mass is 9.89. The van der Waals surface area contributed by atoms with Crippen LogP contribution in [0.3, 0.4) is 0 Å². The van der Waals surface area contributed by atoms with E-state index in [1.54, 1.807) is 0 Å². The van der Waals surface area contributed by atoms with Gasteiger partial charge in [0.05, 0.1) is 19.3 Å². The van der Waals surface area contributed by atoms with Crippen molar-refractivity contribution in [1.82, 2.24) is 0 Å². The number of carboxylic acids is 1. The maximum atomic E-state index is 11.3. The fourth-order valence-electron chi connectivity index (χ4n) is 2.64. The number of carbonyl (C=O) groups is 1. The van der Waals surface area contributed by atoms with Crippen LogP contribution in [0.2, 0.25) is 0 Å². The number of ether oxygens (including phenoxy) is 2. The Kier molecular flexibility index (Phi) is 5.16. The predicted molar refractivity (Wildman–Crippen MR) is 76.0 cm³/mol. The first kappa shape index (κ1) is 18.2. The fraction of sp³-hybridized carbons (Fsp3) is 0.500. The van der Waals surface area contributed by atoms with Gasteiger partial charge in [-0.2, -0.15) is 0 Å². The van der Waals surface area contributed by atoms with E-state index in [0.29, 0.717) is 0 Å². The molecular formula is C14H18O10. The van der Waals surface area contributed by atoms with Crippen LogP contribution in [-0.4, -0.2) is 79.8 Å². The highest BCUT2D eigenvalue weighted by atomic mass is 16.5. The van der Waals surface area contributed by atoms with Crippen molar-refractivity contribution in [3.63, 3.8) is 0 Å².